The number of carbonyl (C=O) groups is 1. The number of rotatable bonds is 10. The van der Waals surface area contributed by atoms with Gasteiger partial charge in [-0.1, -0.05) is 36.0 Å². The fourth-order valence-corrected chi connectivity index (χ4v) is 3.85. The van der Waals surface area contributed by atoms with Gasteiger partial charge in [0.25, 0.3) is 5.91 Å². The SMILES string of the molecule is C=C(Cl)CSc1nnc(CNC(=O)c2cccc(OC)c2OC)n1-c1ccc(OC)cc1. The van der Waals surface area contributed by atoms with Crippen LogP contribution in [0, 0.1) is 0 Å². The maximum absolute atomic E-state index is 12.9. The normalized spacial score (nSPS) is 10.5. The van der Waals surface area contributed by atoms with E-state index in [1.54, 1.807) is 25.3 Å². The molecule has 0 aliphatic carbocycles. The van der Waals surface area contributed by atoms with Crippen molar-refractivity contribution in [2.24, 2.45) is 0 Å². The van der Waals surface area contributed by atoms with Crippen LogP contribution in [0.4, 0.5) is 0 Å². The van der Waals surface area contributed by atoms with Gasteiger partial charge in [-0.15, -0.1) is 10.2 Å². The van der Waals surface area contributed by atoms with Gasteiger partial charge in [0.1, 0.15) is 5.75 Å². The number of ether oxygens (including phenoxy) is 3. The van der Waals surface area contributed by atoms with Crippen LogP contribution in [0.25, 0.3) is 5.69 Å². The average Bonchev–Trinajstić information content (AvgIpc) is 3.23. The third-order valence-corrected chi connectivity index (χ3v) is 5.75. The predicted octanol–water partition coefficient (Wildman–Crippen LogP) is 4.07. The molecule has 0 atom stereocenters. The Morgan fingerprint density at radius 2 is 1.84 bits per heavy atom. The molecule has 1 N–H and O–H groups in total. The van der Waals surface area contributed by atoms with Gasteiger partial charge in [-0.2, -0.15) is 0 Å². The van der Waals surface area contributed by atoms with E-state index in [0.29, 0.717) is 38.8 Å². The van der Waals surface area contributed by atoms with Crippen LogP contribution >= 0.6 is 23.4 Å². The van der Waals surface area contributed by atoms with E-state index in [1.807, 2.05) is 28.8 Å². The average molecular weight is 475 g/mol. The lowest BCUT2D eigenvalue weighted by molar-refractivity contribution is 0.0946. The molecule has 0 spiro atoms. The summed E-state index contributed by atoms with van der Waals surface area (Å²) in [5.41, 5.74) is 1.18. The summed E-state index contributed by atoms with van der Waals surface area (Å²) in [7, 11) is 4.61. The highest BCUT2D eigenvalue weighted by Gasteiger charge is 2.19. The van der Waals surface area contributed by atoms with E-state index in [0.717, 1.165) is 11.4 Å². The smallest absolute Gasteiger partial charge is 0.255 e. The molecular formula is C22H23ClN4O4S. The van der Waals surface area contributed by atoms with Crippen molar-refractivity contribution in [1.82, 2.24) is 20.1 Å². The highest BCUT2D eigenvalue weighted by atomic mass is 35.5. The van der Waals surface area contributed by atoms with E-state index in [2.05, 4.69) is 22.1 Å². The van der Waals surface area contributed by atoms with Gasteiger partial charge in [-0.25, -0.2) is 0 Å². The van der Waals surface area contributed by atoms with Crippen molar-refractivity contribution in [1.29, 1.82) is 0 Å². The second-order valence-electron chi connectivity index (χ2n) is 6.46. The van der Waals surface area contributed by atoms with Gasteiger partial charge in [-0.05, 0) is 36.4 Å². The number of hydrogen-bond acceptors (Lipinski definition) is 7. The zero-order valence-electron chi connectivity index (χ0n) is 17.9. The minimum atomic E-state index is -0.326. The van der Waals surface area contributed by atoms with Gasteiger partial charge in [0, 0.05) is 16.5 Å². The molecule has 0 fully saturated rings. The summed E-state index contributed by atoms with van der Waals surface area (Å²) in [5, 5.41) is 12.5. The van der Waals surface area contributed by atoms with Gasteiger partial charge < -0.3 is 19.5 Å². The molecule has 32 heavy (non-hydrogen) atoms. The summed E-state index contributed by atoms with van der Waals surface area (Å²) in [5.74, 6) is 2.26. The number of thioether (sulfide) groups is 1. The van der Waals surface area contributed by atoms with E-state index in [-0.39, 0.29) is 12.5 Å². The van der Waals surface area contributed by atoms with Crippen molar-refractivity contribution in [2.45, 2.75) is 11.7 Å². The molecule has 1 heterocycles. The van der Waals surface area contributed by atoms with E-state index in [1.165, 1.54) is 26.0 Å². The minimum Gasteiger partial charge on any atom is -0.497 e. The fourth-order valence-electron chi connectivity index (χ4n) is 2.96. The number of benzene rings is 2. The molecule has 0 saturated heterocycles. The number of halogens is 1. The molecule has 168 valence electrons. The van der Waals surface area contributed by atoms with Crippen molar-refractivity contribution >= 4 is 29.3 Å². The maximum Gasteiger partial charge on any atom is 0.255 e. The Bertz CT molecular complexity index is 1100. The topological polar surface area (TPSA) is 87.5 Å². The van der Waals surface area contributed by atoms with Crippen molar-refractivity contribution in [3.63, 3.8) is 0 Å². The molecule has 3 aromatic rings. The molecule has 1 aromatic heterocycles. The molecule has 0 bridgehead atoms. The number of para-hydroxylation sites is 1. The van der Waals surface area contributed by atoms with Crippen molar-refractivity contribution in [2.75, 3.05) is 27.1 Å². The van der Waals surface area contributed by atoms with Crippen LogP contribution in [0.2, 0.25) is 0 Å². The summed E-state index contributed by atoms with van der Waals surface area (Å²) in [6, 6.07) is 12.6. The van der Waals surface area contributed by atoms with Crippen LogP contribution in [0.3, 0.4) is 0 Å². The molecule has 0 unspecified atom stereocenters. The van der Waals surface area contributed by atoms with Gasteiger partial charge >= 0.3 is 0 Å². The van der Waals surface area contributed by atoms with Crippen LogP contribution in [-0.2, 0) is 6.54 Å². The Balaban J connectivity index is 1.87. The number of aromatic nitrogens is 3. The molecule has 2 aromatic carbocycles. The summed E-state index contributed by atoms with van der Waals surface area (Å²) in [6.45, 7) is 3.86. The first kappa shape index (κ1) is 23.5. The zero-order valence-corrected chi connectivity index (χ0v) is 19.5. The lowest BCUT2D eigenvalue weighted by atomic mass is 10.1. The van der Waals surface area contributed by atoms with Gasteiger partial charge in [0.05, 0.1) is 33.4 Å². The lowest BCUT2D eigenvalue weighted by Gasteiger charge is -2.13. The summed E-state index contributed by atoms with van der Waals surface area (Å²) < 4.78 is 17.7. The van der Waals surface area contributed by atoms with Crippen molar-refractivity contribution in [3.8, 4) is 22.9 Å². The minimum absolute atomic E-state index is 0.139. The molecule has 8 nitrogen and oxygen atoms in total. The Labute approximate surface area is 195 Å². The largest absolute Gasteiger partial charge is 0.497 e. The van der Waals surface area contributed by atoms with Crippen LogP contribution < -0.4 is 19.5 Å². The molecule has 0 saturated carbocycles. The van der Waals surface area contributed by atoms with E-state index in [9.17, 15) is 4.79 Å². The Hall–Kier alpha value is -3.17. The first-order valence-electron chi connectivity index (χ1n) is 9.52. The van der Waals surface area contributed by atoms with Crippen molar-refractivity contribution in [3.05, 3.63) is 65.5 Å². The summed E-state index contributed by atoms with van der Waals surface area (Å²) in [4.78, 5) is 12.9. The summed E-state index contributed by atoms with van der Waals surface area (Å²) in [6.07, 6.45) is 0. The van der Waals surface area contributed by atoms with Crippen LogP contribution in [0.5, 0.6) is 17.2 Å². The summed E-state index contributed by atoms with van der Waals surface area (Å²) >= 11 is 7.33. The van der Waals surface area contributed by atoms with E-state index >= 15 is 0 Å². The molecular weight excluding hydrogens is 452 g/mol. The number of methoxy groups -OCH3 is 3. The Morgan fingerprint density at radius 1 is 1.09 bits per heavy atom. The molecule has 3 rings (SSSR count). The number of hydrogen-bond donors (Lipinski definition) is 1. The number of carbonyl (C=O) groups excluding carboxylic acids is 1. The van der Waals surface area contributed by atoms with Gasteiger partial charge in [0.2, 0.25) is 0 Å². The number of nitrogens with zero attached hydrogens (tertiary/aromatic N) is 3. The fraction of sp³-hybridized carbons (Fsp3) is 0.227. The number of nitrogens with one attached hydrogen (secondary N) is 1. The molecule has 0 radical (unpaired) electrons. The van der Waals surface area contributed by atoms with Crippen LogP contribution in [0.1, 0.15) is 16.2 Å². The highest BCUT2D eigenvalue weighted by molar-refractivity contribution is 7.99. The molecule has 0 aliphatic rings. The van der Waals surface area contributed by atoms with Crippen LogP contribution in [-0.4, -0.2) is 47.8 Å². The maximum atomic E-state index is 12.9. The first-order chi connectivity index (χ1) is 15.5. The van der Waals surface area contributed by atoms with Crippen molar-refractivity contribution < 1.29 is 19.0 Å². The highest BCUT2D eigenvalue weighted by Crippen LogP contribution is 2.31. The lowest BCUT2D eigenvalue weighted by Crippen LogP contribution is -2.25. The molecule has 1 amide bonds. The monoisotopic (exact) mass is 474 g/mol. The third kappa shape index (κ3) is 5.35. The zero-order chi connectivity index (χ0) is 23.1. The Kier molecular flexibility index (Phi) is 8.02. The predicted molar refractivity (Wildman–Crippen MR) is 124 cm³/mol. The first-order valence-corrected chi connectivity index (χ1v) is 10.9. The molecule has 10 heteroatoms. The molecule has 0 aliphatic heterocycles. The second kappa shape index (κ2) is 10.9. The Morgan fingerprint density at radius 3 is 2.47 bits per heavy atom. The van der Waals surface area contributed by atoms with E-state index < -0.39 is 0 Å². The second-order valence-corrected chi connectivity index (χ2v) is 7.94. The van der Waals surface area contributed by atoms with Gasteiger partial charge in [-0.3, -0.25) is 9.36 Å². The standard InChI is InChI=1S/C22H23ClN4O4S/c1-14(23)13-32-22-26-25-19(27(22)15-8-10-16(29-2)11-9-15)12-24-21(28)17-6-5-7-18(30-3)20(17)31-4/h5-11H,1,12-13H2,2-4H3,(H,24,28). The van der Waals surface area contributed by atoms with Crippen LogP contribution in [0.15, 0.2) is 59.2 Å². The van der Waals surface area contributed by atoms with E-state index in [4.69, 9.17) is 25.8 Å². The number of amides is 1. The van der Waals surface area contributed by atoms with Gasteiger partial charge in [0.15, 0.2) is 22.5 Å². The quantitative estimate of drug-likeness (QED) is 0.443. The third-order valence-electron chi connectivity index (χ3n) is 4.44.